The Bertz CT molecular complexity index is 589. The highest BCUT2D eigenvalue weighted by Crippen LogP contribution is 2.63. The van der Waals surface area contributed by atoms with Crippen molar-refractivity contribution in [3.8, 4) is 0 Å². The Hall–Kier alpha value is -0.326. The van der Waals surface area contributed by atoms with Gasteiger partial charge in [-0.05, 0) is 37.5 Å². The minimum atomic E-state index is -2.80. The number of carbonyl (C=O) groups excluding carboxylic acids is 2. The van der Waals surface area contributed by atoms with Crippen LogP contribution < -0.4 is 0 Å². The number of carbonyl (C=O) groups is 2. The molecule has 2 atom stereocenters. The maximum Gasteiger partial charge on any atom is 0.500 e. The third kappa shape index (κ3) is 9.00. The van der Waals surface area contributed by atoms with E-state index in [-0.39, 0.29) is 10.2 Å². The molecule has 0 saturated carbocycles. The predicted octanol–water partition coefficient (Wildman–Crippen LogP) is 3.66. The summed E-state index contributed by atoms with van der Waals surface area (Å²) in [5.41, 5.74) is 0. The van der Waals surface area contributed by atoms with Crippen molar-refractivity contribution in [1.82, 2.24) is 0 Å². The van der Waals surface area contributed by atoms with E-state index in [0.717, 1.165) is 0 Å². The van der Waals surface area contributed by atoms with Crippen LogP contribution in [0.25, 0.3) is 0 Å². The summed E-state index contributed by atoms with van der Waals surface area (Å²) in [6.07, 6.45) is 7.20. The summed E-state index contributed by atoms with van der Waals surface area (Å²) in [6, 6.07) is 1.02. The summed E-state index contributed by atoms with van der Waals surface area (Å²) in [5, 5.41) is -0.431. The standard InChI is InChI=1S/C20H42O9S2Si2/c1-11-19(21)30(9,15-13-17-32(23-3,24-4)25-5)29-31(10,20(22)12-2)16-14-18-33(26-6,27-7)28-8/h11-12H,1-2,13-18H2,3-10H3. The van der Waals surface area contributed by atoms with E-state index >= 15 is 0 Å². The first-order chi connectivity index (χ1) is 15.4. The first-order valence-electron chi connectivity index (χ1n) is 10.3. The van der Waals surface area contributed by atoms with Gasteiger partial charge in [-0.1, -0.05) is 33.8 Å². The van der Waals surface area contributed by atoms with Gasteiger partial charge in [-0.25, -0.2) is 0 Å². The Balaban J connectivity index is 5.68. The quantitative estimate of drug-likeness (QED) is 0.188. The normalized spacial score (nSPS) is 17.9. The second-order valence-corrected chi connectivity index (χ2v) is 19.7. The lowest BCUT2D eigenvalue weighted by atomic mass is 10.6. The molecule has 196 valence electrons. The smallest absolute Gasteiger partial charge is 0.377 e. The Morgan fingerprint density at radius 2 is 0.939 bits per heavy atom. The van der Waals surface area contributed by atoms with Crippen LogP contribution in [0, 0.1) is 0 Å². The van der Waals surface area contributed by atoms with Crippen LogP contribution in [0.15, 0.2) is 25.3 Å². The zero-order valence-corrected chi connectivity index (χ0v) is 24.9. The summed E-state index contributed by atoms with van der Waals surface area (Å²) in [4.78, 5) is 25.8. The van der Waals surface area contributed by atoms with E-state index < -0.39 is 38.2 Å². The average molecular weight is 547 g/mol. The van der Waals surface area contributed by atoms with Gasteiger partial charge in [0.15, 0.2) is 0 Å². The summed E-state index contributed by atoms with van der Waals surface area (Å²) in [5.74, 6) is 0.838. The third-order valence-electron chi connectivity index (χ3n) is 5.38. The second kappa shape index (κ2) is 14.9. The topological polar surface area (TPSA) is 98.8 Å². The third-order valence-corrected chi connectivity index (χ3v) is 17.6. The molecule has 0 radical (unpaired) electrons. The van der Waals surface area contributed by atoms with Gasteiger partial charge in [0.25, 0.3) is 0 Å². The van der Waals surface area contributed by atoms with Crippen LogP contribution in [0.3, 0.4) is 0 Å². The molecule has 0 saturated heterocycles. The molecule has 13 heteroatoms. The van der Waals surface area contributed by atoms with E-state index in [0.29, 0.717) is 36.4 Å². The molecule has 2 unspecified atom stereocenters. The van der Waals surface area contributed by atoms with Gasteiger partial charge in [0, 0.05) is 66.3 Å². The Kier molecular flexibility index (Phi) is 14.8. The van der Waals surface area contributed by atoms with E-state index in [2.05, 4.69) is 13.2 Å². The van der Waals surface area contributed by atoms with Gasteiger partial charge in [-0.2, -0.15) is 0 Å². The van der Waals surface area contributed by atoms with Gasteiger partial charge in [0.1, 0.15) is 0 Å². The predicted molar refractivity (Wildman–Crippen MR) is 141 cm³/mol. The van der Waals surface area contributed by atoms with E-state index in [9.17, 15) is 9.59 Å². The van der Waals surface area contributed by atoms with Crippen LogP contribution in [0.4, 0.5) is 0 Å². The lowest BCUT2D eigenvalue weighted by Gasteiger charge is -2.44. The largest absolute Gasteiger partial charge is 0.500 e. The van der Waals surface area contributed by atoms with Crippen LogP contribution in [0.5, 0.6) is 0 Å². The van der Waals surface area contributed by atoms with E-state index in [1.807, 2.05) is 0 Å². The van der Waals surface area contributed by atoms with Crippen LogP contribution in [0.2, 0.25) is 12.1 Å². The van der Waals surface area contributed by atoms with Gasteiger partial charge in [0.2, 0.25) is 10.2 Å². The summed E-state index contributed by atoms with van der Waals surface area (Å²) in [7, 11) is -0.971. The zero-order valence-electron chi connectivity index (χ0n) is 21.3. The van der Waals surface area contributed by atoms with E-state index in [4.69, 9.17) is 30.2 Å². The molecule has 0 bridgehead atoms. The van der Waals surface area contributed by atoms with Crippen LogP contribution in [-0.4, -0.2) is 94.5 Å². The molecule has 0 aliphatic heterocycles. The van der Waals surface area contributed by atoms with E-state index in [1.54, 1.807) is 55.2 Å². The molecule has 0 aromatic carbocycles. The highest BCUT2D eigenvalue weighted by atomic mass is 32.3. The van der Waals surface area contributed by atoms with Crippen molar-refractivity contribution in [2.24, 2.45) is 0 Å². The monoisotopic (exact) mass is 546 g/mol. The van der Waals surface area contributed by atoms with Gasteiger partial charge in [0.05, 0.1) is 0 Å². The summed E-state index contributed by atoms with van der Waals surface area (Å²) in [6.45, 7) is 7.28. The maximum absolute atomic E-state index is 12.9. The van der Waals surface area contributed by atoms with Gasteiger partial charge in [-0.15, -0.1) is 0 Å². The molecule has 0 aromatic heterocycles. The maximum atomic E-state index is 12.9. The minimum Gasteiger partial charge on any atom is -0.377 e. The molecule has 0 aromatic rings. The Labute approximate surface area is 204 Å². The van der Waals surface area contributed by atoms with E-state index in [1.165, 1.54) is 12.2 Å². The Morgan fingerprint density at radius 3 is 1.15 bits per heavy atom. The number of hydrogen-bond donors (Lipinski definition) is 0. The zero-order chi connectivity index (χ0) is 25.8. The number of rotatable bonds is 18. The molecule has 0 N–H and O–H groups in total. The SMILES string of the molecule is C=CC(=O)S(C)(CCC[Si](OC)(OC)OC)OS(C)(CCC[Si](OC)(OC)OC)C(=O)C=C. The highest BCUT2D eigenvalue weighted by Gasteiger charge is 2.42. The van der Waals surface area contributed by atoms with Crippen molar-refractivity contribution < 1.29 is 39.8 Å². The van der Waals surface area contributed by atoms with Crippen molar-refractivity contribution in [2.75, 3.05) is 66.7 Å². The highest BCUT2D eigenvalue weighted by molar-refractivity contribution is 8.52. The first-order valence-corrected chi connectivity index (χ1v) is 18.5. The van der Waals surface area contributed by atoms with Crippen molar-refractivity contribution in [2.45, 2.75) is 24.9 Å². The molecule has 0 fully saturated rings. The molecule has 33 heavy (non-hydrogen) atoms. The molecule has 9 nitrogen and oxygen atoms in total. The molecule has 0 rings (SSSR count). The first kappa shape index (κ1) is 32.7. The lowest BCUT2D eigenvalue weighted by molar-refractivity contribution is -0.107. The Morgan fingerprint density at radius 1 is 0.667 bits per heavy atom. The van der Waals surface area contributed by atoms with Gasteiger partial charge < -0.3 is 26.6 Å². The summed E-state index contributed by atoms with van der Waals surface area (Å²) >= 11 is 0. The summed E-state index contributed by atoms with van der Waals surface area (Å²) < 4.78 is 39.3. The van der Waals surface area contributed by atoms with Crippen LogP contribution in [-0.2, 0) is 39.8 Å². The molecule has 0 heterocycles. The van der Waals surface area contributed by atoms with Crippen molar-refractivity contribution >= 4 is 48.5 Å². The molecular weight excluding hydrogens is 505 g/mol. The van der Waals surface area contributed by atoms with Crippen molar-refractivity contribution in [3.63, 3.8) is 0 Å². The molecule has 0 spiro atoms. The fourth-order valence-corrected chi connectivity index (χ4v) is 13.4. The van der Waals surface area contributed by atoms with Gasteiger partial charge >= 0.3 is 17.6 Å². The van der Waals surface area contributed by atoms with Crippen molar-refractivity contribution in [3.05, 3.63) is 25.3 Å². The molecular formula is C20H42O9S2Si2. The van der Waals surface area contributed by atoms with Gasteiger partial charge in [-0.3, -0.25) is 13.2 Å². The second-order valence-electron chi connectivity index (χ2n) is 7.33. The number of hydrogen-bond acceptors (Lipinski definition) is 9. The van der Waals surface area contributed by atoms with Crippen molar-refractivity contribution in [1.29, 1.82) is 0 Å². The fraction of sp³-hybridized carbons (Fsp3) is 0.700. The van der Waals surface area contributed by atoms with Crippen LogP contribution in [0.1, 0.15) is 12.8 Å². The van der Waals surface area contributed by atoms with Crippen LogP contribution >= 0.6 is 20.6 Å². The lowest BCUT2D eigenvalue weighted by Crippen LogP contribution is -2.43. The molecule has 0 aliphatic rings. The molecule has 0 amide bonds. The minimum absolute atomic E-state index is 0.216. The average Bonchev–Trinajstić information content (AvgIpc) is 2.84. The fourth-order valence-electron chi connectivity index (χ4n) is 3.26. The molecule has 0 aliphatic carbocycles.